The van der Waals surface area contributed by atoms with Gasteiger partial charge >= 0.3 is 5.97 Å². The van der Waals surface area contributed by atoms with Crippen molar-refractivity contribution in [2.75, 3.05) is 0 Å². The van der Waals surface area contributed by atoms with Gasteiger partial charge in [0.2, 0.25) is 0 Å². The Morgan fingerprint density at radius 1 is 1.07 bits per heavy atom. The van der Waals surface area contributed by atoms with Crippen LogP contribution < -0.4 is 10.6 Å². The molecule has 0 atom stereocenters. The predicted octanol–water partition coefficient (Wildman–Crippen LogP) is 2.91. The van der Waals surface area contributed by atoms with Gasteiger partial charge in [0.25, 0.3) is 5.91 Å². The third-order valence-corrected chi connectivity index (χ3v) is 4.45. The molecule has 2 aromatic carbocycles. The molecule has 0 aliphatic carbocycles. The highest BCUT2D eigenvalue weighted by Gasteiger charge is 2.21. The molecule has 2 aromatic heterocycles. The maximum Gasteiger partial charge on any atom is 0.366 e. The zero-order chi connectivity index (χ0) is 20.5. The number of halogens is 1. The van der Waals surface area contributed by atoms with Gasteiger partial charge in [-0.1, -0.05) is 30.3 Å². The highest BCUT2D eigenvalue weighted by molar-refractivity contribution is 6.07. The zero-order valence-corrected chi connectivity index (χ0v) is 15.3. The molecule has 4 aromatic rings. The number of carbonyl (C=O) groups is 2. The van der Waals surface area contributed by atoms with Crippen molar-refractivity contribution in [2.24, 2.45) is 5.73 Å². The SMILES string of the molecule is Cc1c(C(N)=O)c2ccccc2n1OC(=O)c1cnc(-c2cccc(F)c2)nc1. The Hall–Kier alpha value is -4.07. The number of aromatic nitrogens is 3. The summed E-state index contributed by atoms with van der Waals surface area (Å²) in [4.78, 5) is 38.1. The number of hydrogen-bond acceptors (Lipinski definition) is 5. The summed E-state index contributed by atoms with van der Waals surface area (Å²) in [5.74, 6) is -1.46. The molecular weight excluding hydrogens is 375 g/mol. The number of para-hydroxylation sites is 1. The number of nitrogens with zero attached hydrogens (tertiary/aromatic N) is 3. The quantitative estimate of drug-likeness (QED) is 0.577. The largest absolute Gasteiger partial charge is 0.366 e. The van der Waals surface area contributed by atoms with Crippen molar-refractivity contribution < 1.29 is 18.8 Å². The van der Waals surface area contributed by atoms with Gasteiger partial charge in [-0.2, -0.15) is 4.73 Å². The fraction of sp³-hybridized carbons (Fsp3) is 0.0476. The van der Waals surface area contributed by atoms with E-state index in [4.69, 9.17) is 10.6 Å². The van der Waals surface area contributed by atoms with E-state index in [1.165, 1.54) is 29.3 Å². The summed E-state index contributed by atoms with van der Waals surface area (Å²) in [5, 5.41) is 0.586. The van der Waals surface area contributed by atoms with E-state index < -0.39 is 17.7 Å². The van der Waals surface area contributed by atoms with Crippen LogP contribution in [0.25, 0.3) is 22.3 Å². The predicted molar refractivity (Wildman–Crippen MR) is 104 cm³/mol. The van der Waals surface area contributed by atoms with Crippen LogP contribution in [0.1, 0.15) is 26.4 Å². The molecule has 0 bridgehead atoms. The van der Waals surface area contributed by atoms with Gasteiger partial charge in [-0.05, 0) is 25.1 Å². The molecule has 0 radical (unpaired) electrons. The molecule has 0 spiro atoms. The average Bonchev–Trinajstić information content (AvgIpc) is 3.00. The number of amides is 1. The van der Waals surface area contributed by atoms with Crippen LogP contribution in [-0.4, -0.2) is 26.6 Å². The second kappa shape index (κ2) is 7.16. The number of hydrogen-bond donors (Lipinski definition) is 1. The van der Waals surface area contributed by atoms with Crippen molar-refractivity contribution in [1.82, 2.24) is 14.7 Å². The van der Waals surface area contributed by atoms with E-state index >= 15 is 0 Å². The summed E-state index contributed by atoms with van der Waals surface area (Å²) in [5.41, 5.74) is 7.29. The van der Waals surface area contributed by atoms with Gasteiger partial charge in [-0.15, -0.1) is 0 Å². The number of rotatable bonds is 4. The molecular formula is C21H15FN4O3. The van der Waals surface area contributed by atoms with Crippen molar-refractivity contribution in [1.29, 1.82) is 0 Å². The van der Waals surface area contributed by atoms with E-state index in [0.29, 0.717) is 22.2 Å². The molecule has 0 saturated carbocycles. The van der Waals surface area contributed by atoms with Crippen molar-refractivity contribution >= 4 is 22.8 Å². The maximum atomic E-state index is 13.4. The van der Waals surface area contributed by atoms with Crippen molar-refractivity contribution in [2.45, 2.75) is 6.92 Å². The van der Waals surface area contributed by atoms with Crippen LogP contribution in [0.15, 0.2) is 60.9 Å². The lowest BCUT2D eigenvalue weighted by Crippen LogP contribution is -2.22. The van der Waals surface area contributed by atoms with Crippen LogP contribution in [0.4, 0.5) is 4.39 Å². The first-order chi connectivity index (χ1) is 14.0. The first-order valence-electron chi connectivity index (χ1n) is 8.66. The summed E-state index contributed by atoms with van der Waals surface area (Å²) < 4.78 is 14.6. The lowest BCUT2D eigenvalue weighted by molar-refractivity contribution is 0.0471. The van der Waals surface area contributed by atoms with Gasteiger partial charge in [-0.3, -0.25) is 4.79 Å². The Bertz CT molecular complexity index is 1250. The standard InChI is InChI=1S/C21H15FN4O3/c1-12-18(19(23)27)16-7-2-3-8-17(16)26(12)29-21(28)14-10-24-20(25-11-14)13-5-4-6-15(22)9-13/h2-11H,1H3,(H2,23,27). The van der Waals surface area contributed by atoms with Crippen molar-refractivity contribution in [3.8, 4) is 11.4 Å². The second-order valence-corrected chi connectivity index (χ2v) is 6.32. The smallest absolute Gasteiger partial charge is 0.366 e. The molecule has 0 unspecified atom stereocenters. The topological polar surface area (TPSA) is 100 Å². The fourth-order valence-electron chi connectivity index (χ4n) is 3.11. The van der Waals surface area contributed by atoms with E-state index in [-0.39, 0.29) is 17.0 Å². The van der Waals surface area contributed by atoms with Crippen molar-refractivity contribution in [3.05, 3.63) is 83.6 Å². The molecule has 2 N–H and O–H groups in total. The van der Waals surface area contributed by atoms with Crippen LogP contribution in [-0.2, 0) is 0 Å². The molecule has 4 rings (SSSR count). The van der Waals surface area contributed by atoms with E-state index in [1.807, 2.05) is 0 Å². The minimum Gasteiger partial charge on any atom is -0.366 e. The number of primary amides is 1. The molecule has 0 fully saturated rings. The summed E-state index contributed by atoms with van der Waals surface area (Å²) >= 11 is 0. The third-order valence-electron chi connectivity index (χ3n) is 4.45. The molecule has 0 saturated heterocycles. The third kappa shape index (κ3) is 3.31. The zero-order valence-electron chi connectivity index (χ0n) is 15.3. The van der Waals surface area contributed by atoms with E-state index in [0.717, 1.165) is 0 Å². The number of fused-ring (bicyclic) bond motifs is 1. The lowest BCUT2D eigenvalue weighted by atomic mass is 10.1. The molecule has 1 amide bonds. The summed E-state index contributed by atoms with van der Waals surface area (Å²) in [6, 6.07) is 12.8. The minimum absolute atomic E-state index is 0.1000. The monoisotopic (exact) mass is 390 g/mol. The summed E-state index contributed by atoms with van der Waals surface area (Å²) in [7, 11) is 0. The highest BCUT2D eigenvalue weighted by Crippen LogP contribution is 2.25. The molecule has 29 heavy (non-hydrogen) atoms. The average molecular weight is 390 g/mol. The van der Waals surface area contributed by atoms with Gasteiger partial charge < -0.3 is 10.6 Å². The van der Waals surface area contributed by atoms with E-state index in [2.05, 4.69) is 9.97 Å². The molecule has 8 heteroatoms. The Morgan fingerprint density at radius 2 is 1.79 bits per heavy atom. The molecule has 0 aliphatic heterocycles. The first kappa shape index (κ1) is 18.3. The van der Waals surface area contributed by atoms with E-state index in [9.17, 15) is 14.0 Å². The molecule has 7 nitrogen and oxygen atoms in total. The van der Waals surface area contributed by atoms with Gasteiger partial charge in [0.1, 0.15) is 5.82 Å². The Labute approximate surface area is 164 Å². The van der Waals surface area contributed by atoms with Crippen LogP contribution >= 0.6 is 0 Å². The summed E-state index contributed by atoms with van der Waals surface area (Å²) in [6.45, 7) is 1.64. The Kier molecular flexibility index (Phi) is 4.52. The molecule has 144 valence electrons. The molecule has 2 heterocycles. The van der Waals surface area contributed by atoms with Gasteiger partial charge in [0.05, 0.1) is 22.3 Å². The minimum atomic E-state index is -0.712. The maximum absolute atomic E-state index is 13.4. The Balaban J connectivity index is 1.65. The first-order valence-corrected chi connectivity index (χ1v) is 8.66. The van der Waals surface area contributed by atoms with Crippen LogP contribution in [0.5, 0.6) is 0 Å². The normalized spacial score (nSPS) is 10.8. The number of nitrogens with two attached hydrogens (primary N) is 1. The van der Waals surface area contributed by atoms with E-state index in [1.54, 1.807) is 43.3 Å². The lowest BCUT2D eigenvalue weighted by Gasteiger charge is -2.09. The Morgan fingerprint density at radius 3 is 2.48 bits per heavy atom. The van der Waals surface area contributed by atoms with Crippen LogP contribution in [0, 0.1) is 12.7 Å². The van der Waals surface area contributed by atoms with Crippen molar-refractivity contribution in [3.63, 3.8) is 0 Å². The number of carbonyl (C=O) groups excluding carboxylic acids is 2. The van der Waals surface area contributed by atoms with Crippen LogP contribution in [0.2, 0.25) is 0 Å². The van der Waals surface area contributed by atoms with Gasteiger partial charge in [0, 0.05) is 23.3 Å². The fourth-order valence-corrected chi connectivity index (χ4v) is 3.11. The summed E-state index contributed by atoms with van der Waals surface area (Å²) in [6.07, 6.45) is 2.59. The second-order valence-electron chi connectivity index (χ2n) is 6.32. The van der Waals surface area contributed by atoms with Gasteiger partial charge in [-0.25, -0.2) is 19.2 Å². The van der Waals surface area contributed by atoms with Crippen LogP contribution in [0.3, 0.4) is 0 Å². The number of benzene rings is 2. The molecule has 0 aliphatic rings. The van der Waals surface area contributed by atoms with Gasteiger partial charge in [0.15, 0.2) is 5.82 Å². The highest BCUT2D eigenvalue weighted by atomic mass is 19.1.